The molecule has 0 saturated carbocycles. The van der Waals surface area contributed by atoms with Gasteiger partial charge in [0.05, 0.1) is 12.7 Å². The van der Waals surface area contributed by atoms with Crippen LogP contribution in [-0.4, -0.2) is 27.8 Å². The van der Waals surface area contributed by atoms with Crippen molar-refractivity contribution in [3.63, 3.8) is 0 Å². The minimum atomic E-state index is -0.499. The van der Waals surface area contributed by atoms with E-state index in [4.69, 9.17) is 21.1 Å². The van der Waals surface area contributed by atoms with Gasteiger partial charge in [-0.15, -0.1) is 0 Å². The van der Waals surface area contributed by atoms with Crippen LogP contribution in [0.5, 0.6) is 11.5 Å². The average molecular weight is 502 g/mol. The Kier molecular flexibility index (Phi) is 6.60. The largest absolute Gasteiger partial charge is 0.497 e. The lowest BCUT2D eigenvalue weighted by atomic mass is 9.95. The van der Waals surface area contributed by atoms with Crippen LogP contribution in [0.1, 0.15) is 24.1 Å². The van der Waals surface area contributed by atoms with Gasteiger partial charge in [0.1, 0.15) is 30.5 Å². The second kappa shape index (κ2) is 10.1. The maximum Gasteiger partial charge on any atom is 0.255 e. The highest BCUT2D eigenvalue weighted by atomic mass is 35.5. The van der Waals surface area contributed by atoms with Gasteiger partial charge in [0.25, 0.3) is 5.91 Å². The molecule has 2 heterocycles. The monoisotopic (exact) mass is 501 g/mol. The second-order valence-corrected chi connectivity index (χ2v) is 8.70. The number of ether oxygens (including phenoxy) is 2. The van der Waals surface area contributed by atoms with Crippen molar-refractivity contribution >= 4 is 29.1 Å². The topological polar surface area (TPSA) is 90.3 Å². The molecule has 4 aromatic rings. The van der Waals surface area contributed by atoms with E-state index >= 15 is 0 Å². The van der Waals surface area contributed by atoms with Crippen LogP contribution in [0.25, 0.3) is 0 Å². The van der Waals surface area contributed by atoms with Gasteiger partial charge in [-0.05, 0) is 66.6 Å². The molecular formula is C27H24ClN5O3. The molecule has 0 saturated heterocycles. The number of hydrogen-bond donors (Lipinski definition) is 2. The maximum absolute atomic E-state index is 13.5. The van der Waals surface area contributed by atoms with Gasteiger partial charge in [0, 0.05) is 16.4 Å². The van der Waals surface area contributed by atoms with E-state index in [2.05, 4.69) is 20.7 Å². The lowest BCUT2D eigenvalue weighted by Crippen LogP contribution is -2.31. The zero-order valence-electron chi connectivity index (χ0n) is 19.7. The van der Waals surface area contributed by atoms with Gasteiger partial charge < -0.3 is 20.1 Å². The van der Waals surface area contributed by atoms with Crippen LogP contribution < -0.4 is 20.1 Å². The van der Waals surface area contributed by atoms with E-state index in [9.17, 15) is 4.79 Å². The first-order valence-electron chi connectivity index (χ1n) is 11.3. The van der Waals surface area contributed by atoms with E-state index in [1.165, 1.54) is 6.33 Å². The molecule has 0 fully saturated rings. The number of fused-ring (bicyclic) bond motifs is 1. The Labute approximate surface area is 213 Å². The van der Waals surface area contributed by atoms with E-state index in [0.29, 0.717) is 46.0 Å². The van der Waals surface area contributed by atoms with Crippen molar-refractivity contribution in [2.45, 2.75) is 19.6 Å². The van der Waals surface area contributed by atoms with Gasteiger partial charge in [-0.2, -0.15) is 10.1 Å². The number of carbonyl (C=O) groups excluding carboxylic acids is 1. The van der Waals surface area contributed by atoms with Crippen molar-refractivity contribution < 1.29 is 14.3 Å². The Bertz CT molecular complexity index is 1410. The summed E-state index contributed by atoms with van der Waals surface area (Å²) in [6, 6.07) is 21.9. The second-order valence-electron chi connectivity index (χ2n) is 8.26. The van der Waals surface area contributed by atoms with Crippen molar-refractivity contribution in [2.75, 3.05) is 17.7 Å². The number of hydrogen-bond acceptors (Lipinski definition) is 6. The van der Waals surface area contributed by atoms with Gasteiger partial charge in [-0.25, -0.2) is 4.68 Å². The summed E-state index contributed by atoms with van der Waals surface area (Å²) in [5.41, 5.74) is 3.72. The number of anilines is 2. The Morgan fingerprint density at radius 3 is 2.61 bits per heavy atom. The number of nitrogens with zero attached hydrogens (tertiary/aromatic N) is 3. The molecule has 1 atom stereocenters. The van der Waals surface area contributed by atoms with Crippen LogP contribution >= 0.6 is 11.6 Å². The van der Waals surface area contributed by atoms with Gasteiger partial charge in [0.2, 0.25) is 5.95 Å². The number of methoxy groups -OCH3 is 1. The molecule has 1 amide bonds. The van der Waals surface area contributed by atoms with Gasteiger partial charge in [0.15, 0.2) is 0 Å². The third-order valence-electron chi connectivity index (χ3n) is 5.88. The fourth-order valence-electron chi connectivity index (χ4n) is 4.09. The summed E-state index contributed by atoms with van der Waals surface area (Å²) in [6.07, 6.45) is 1.47. The Balaban J connectivity index is 1.43. The Morgan fingerprint density at radius 2 is 1.86 bits per heavy atom. The number of benzene rings is 3. The van der Waals surface area contributed by atoms with E-state index in [0.717, 1.165) is 11.1 Å². The summed E-state index contributed by atoms with van der Waals surface area (Å²) in [5, 5.41) is 11.3. The summed E-state index contributed by atoms with van der Waals surface area (Å²) in [4.78, 5) is 17.8. The molecule has 3 aromatic carbocycles. The third kappa shape index (κ3) is 4.89. The highest BCUT2D eigenvalue weighted by molar-refractivity contribution is 6.30. The van der Waals surface area contributed by atoms with E-state index in [-0.39, 0.29) is 5.91 Å². The van der Waals surface area contributed by atoms with Crippen LogP contribution in [0.2, 0.25) is 5.02 Å². The number of aromatic nitrogens is 3. The van der Waals surface area contributed by atoms with E-state index in [1.54, 1.807) is 36.1 Å². The SMILES string of the molecule is COc1ccc(NC(=O)C2=C(C)Nc3ncnn3[C@H]2c2cccc(OCc3ccc(Cl)cc3)c2)cc1. The van der Waals surface area contributed by atoms with Crippen LogP contribution in [0, 0.1) is 0 Å². The number of halogens is 1. The average Bonchev–Trinajstić information content (AvgIpc) is 3.36. The first-order chi connectivity index (χ1) is 17.5. The Morgan fingerprint density at radius 1 is 1.08 bits per heavy atom. The molecule has 8 nitrogen and oxygen atoms in total. The summed E-state index contributed by atoms with van der Waals surface area (Å²) < 4.78 is 13.0. The molecule has 2 N–H and O–H groups in total. The summed E-state index contributed by atoms with van der Waals surface area (Å²) >= 11 is 5.98. The fraction of sp³-hybridized carbons (Fsp3) is 0.148. The molecule has 0 unspecified atom stereocenters. The molecule has 36 heavy (non-hydrogen) atoms. The summed E-state index contributed by atoms with van der Waals surface area (Å²) in [6.45, 7) is 2.25. The van der Waals surface area contributed by atoms with Gasteiger partial charge in [-0.1, -0.05) is 35.9 Å². The lowest BCUT2D eigenvalue weighted by Gasteiger charge is -2.29. The molecule has 182 valence electrons. The van der Waals surface area contributed by atoms with Crippen molar-refractivity contribution in [1.29, 1.82) is 0 Å². The molecule has 5 rings (SSSR count). The van der Waals surface area contributed by atoms with Crippen LogP contribution in [0.4, 0.5) is 11.6 Å². The first kappa shape index (κ1) is 23.4. The highest BCUT2D eigenvalue weighted by Crippen LogP contribution is 2.36. The zero-order chi connectivity index (χ0) is 25.1. The number of rotatable bonds is 7. The molecule has 0 aliphatic carbocycles. The van der Waals surface area contributed by atoms with Crippen LogP contribution in [0.3, 0.4) is 0 Å². The molecular weight excluding hydrogens is 478 g/mol. The van der Waals surface area contributed by atoms with Crippen LogP contribution in [-0.2, 0) is 11.4 Å². The minimum Gasteiger partial charge on any atom is -0.497 e. The van der Waals surface area contributed by atoms with Gasteiger partial charge >= 0.3 is 0 Å². The normalized spacial score (nSPS) is 14.6. The number of nitrogens with one attached hydrogen (secondary N) is 2. The summed E-state index contributed by atoms with van der Waals surface area (Å²) in [7, 11) is 1.60. The highest BCUT2D eigenvalue weighted by Gasteiger charge is 2.33. The van der Waals surface area contributed by atoms with Gasteiger partial charge in [-0.3, -0.25) is 4.79 Å². The standard InChI is InChI=1S/C27H24ClN5O3/c1-17-24(26(34)32-21-10-12-22(35-2)13-11-21)25(33-27(31-17)29-16-30-33)19-4-3-5-23(14-19)36-15-18-6-8-20(28)9-7-18/h3-14,16,25H,15H2,1-2H3,(H,32,34)(H,29,30,31)/t25-/m0/s1. The third-order valence-corrected chi connectivity index (χ3v) is 6.13. The molecule has 1 aliphatic rings. The summed E-state index contributed by atoms with van der Waals surface area (Å²) in [5.74, 6) is 1.70. The maximum atomic E-state index is 13.5. The smallest absolute Gasteiger partial charge is 0.255 e. The zero-order valence-corrected chi connectivity index (χ0v) is 20.5. The first-order valence-corrected chi connectivity index (χ1v) is 11.7. The molecule has 0 spiro atoms. The Hall–Kier alpha value is -4.30. The predicted octanol–water partition coefficient (Wildman–Crippen LogP) is 5.45. The molecule has 0 bridgehead atoms. The number of allylic oxidation sites excluding steroid dienone is 1. The van der Waals surface area contributed by atoms with Crippen molar-refractivity contribution in [3.05, 3.63) is 107 Å². The lowest BCUT2D eigenvalue weighted by molar-refractivity contribution is -0.113. The van der Waals surface area contributed by atoms with Crippen molar-refractivity contribution in [1.82, 2.24) is 14.8 Å². The quantitative estimate of drug-likeness (QED) is 0.350. The molecule has 1 aliphatic heterocycles. The van der Waals surface area contributed by atoms with E-state index < -0.39 is 6.04 Å². The predicted molar refractivity (Wildman–Crippen MR) is 138 cm³/mol. The fourth-order valence-corrected chi connectivity index (χ4v) is 4.21. The molecule has 1 aromatic heterocycles. The van der Waals surface area contributed by atoms with Crippen molar-refractivity contribution in [2.24, 2.45) is 0 Å². The van der Waals surface area contributed by atoms with E-state index in [1.807, 2.05) is 55.5 Å². The van der Waals surface area contributed by atoms with Crippen molar-refractivity contribution in [3.8, 4) is 11.5 Å². The minimum absolute atomic E-state index is 0.246. The molecule has 9 heteroatoms. The number of carbonyl (C=O) groups is 1. The van der Waals surface area contributed by atoms with Crippen LogP contribution in [0.15, 0.2) is 90.4 Å². The molecule has 0 radical (unpaired) electrons. The number of amides is 1.